The summed E-state index contributed by atoms with van der Waals surface area (Å²) in [6, 6.07) is 0. The first-order valence-electron chi connectivity index (χ1n) is 9.04. The first kappa shape index (κ1) is 22.3. The number of halogens is 5. The maximum absolute atomic E-state index is 14.1. The molecule has 1 rings (SSSR count). The number of hydrogen-bond donors (Lipinski definition) is 0. The van der Waals surface area contributed by atoms with Crippen molar-refractivity contribution in [3.8, 4) is 0 Å². The molecule has 3 atom stereocenters. The summed E-state index contributed by atoms with van der Waals surface area (Å²) in [7, 11) is -1.42. The first-order chi connectivity index (χ1) is 11.8. The standard InChI is InChI=1S/C19H28F5P/c1-5-8-13(6-2)10-9-12(4)11-25(7-3)19-17(23)15(21)14(20)16(22)18(19)24/h12-13H,5-11H2,1-4H3. The van der Waals surface area contributed by atoms with Crippen molar-refractivity contribution in [1.29, 1.82) is 0 Å². The highest BCUT2D eigenvalue weighted by Crippen LogP contribution is 2.40. The summed E-state index contributed by atoms with van der Waals surface area (Å²) in [6.07, 6.45) is 6.20. The van der Waals surface area contributed by atoms with Gasteiger partial charge in [-0.25, -0.2) is 22.0 Å². The molecule has 0 saturated carbocycles. The monoisotopic (exact) mass is 382 g/mol. The Labute approximate surface area is 149 Å². The van der Waals surface area contributed by atoms with Crippen LogP contribution in [0.4, 0.5) is 22.0 Å². The summed E-state index contributed by atoms with van der Waals surface area (Å²) in [5.74, 6) is -8.25. The van der Waals surface area contributed by atoms with Gasteiger partial charge >= 0.3 is 0 Å². The van der Waals surface area contributed by atoms with E-state index >= 15 is 0 Å². The van der Waals surface area contributed by atoms with Crippen molar-refractivity contribution >= 4 is 13.2 Å². The van der Waals surface area contributed by atoms with Crippen LogP contribution in [0.5, 0.6) is 0 Å². The molecule has 0 N–H and O–H groups in total. The van der Waals surface area contributed by atoms with Gasteiger partial charge in [0.2, 0.25) is 5.82 Å². The molecule has 0 aliphatic rings. The maximum Gasteiger partial charge on any atom is 0.200 e. The largest absolute Gasteiger partial charge is 0.203 e. The van der Waals surface area contributed by atoms with Crippen molar-refractivity contribution in [2.75, 3.05) is 12.3 Å². The molecule has 25 heavy (non-hydrogen) atoms. The molecular formula is C19H28F5P. The zero-order valence-corrected chi connectivity index (χ0v) is 16.3. The fourth-order valence-corrected chi connectivity index (χ4v) is 5.64. The van der Waals surface area contributed by atoms with Gasteiger partial charge in [-0.3, -0.25) is 0 Å². The Morgan fingerprint density at radius 3 is 1.72 bits per heavy atom. The van der Waals surface area contributed by atoms with Gasteiger partial charge < -0.3 is 0 Å². The first-order valence-corrected chi connectivity index (χ1v) is 10.8. The van der Waals surface area contributed by atoms with E-state index in [1.54, 1.807) is 6.92 Å². The summed E-state index contributed by atoms with van der Waals surface area (Å²) in [6.45, 7) is 8.03. The maximum atomic E-state index is 14.1. The van der Waals surface area contributed by atoms with Crippen LogP contribution in [0, 0.1) is 40.9 Å². The summed E-state index contributed by atoms with van der Waals surface area (Å²) >= 11 is 0. The molecule has 0 bridgehead atoms. The second-order valence-electron chi connectivity index (χ2n) is 6.70. The van der Waals surface area contributed by atoms with Gasteiger partial charge in [0.15, 0.2) is 23.3 Å². The summed E-state index contributed by atoms with van der Waals surface area (Å²) < 4.78 is 68.3. The molecule has 0 fully saturated rings. The molecule has 1 aromatic rings. The number of hydrogen-bond acceptors (Lipinski definition) is 0. The van der Waals surface area contributed by atoms with E-state index in [9.17, 15) is 22.0 Å². The fraction of sp³-hybridized carbons (Fsp3) is 0.684. The molecule has 0 heterocycles. The molecule has 1 aromatic carbocycles. The van der Waals surface area contributed by atoms with Crippen molar-refractivity contribution in [3.05, 3.63) is 29.1 Å². The highest BCUT2D eigenvalue weighted by molar-refractivity contribution is 7.65. The van der Waals surface area contributed by atoms with Gasteiger partial charge in [0.1, 0.15) is 0 Å². The zero-order chi connectivity index (χ0) is 19.1. The van der Waals surface area contributed by atoms with Crippen LogP contribution in [0.2, 0.25) is 0 Å². The molecule has 0 amide bonds. The second-order valence-corrected chi connectivity index (χ2v) is 9.23. The van der Waals surface area contributed by atoms with Crippen molar-refractivity contribution in [2.45, 2.75) is 59.8 Å². The van der Waals surface area contributed by atoms with E-state index in [0.29, 0.717) is 18.2 Å². The van der Waals surface area contributed by atoms with E-state index in [4.69, 9.17) is 0 Å². The Bertz CT molecular complexity index is 532. The Kier molecular flexibility index (Phi) is 9.34. The summed E-state index contributed by atoms with van der Waals surface area (Å²) in [4.78, 5) is 0. The molecule has 144 valence electrons. The average Bonchev–Trinajstić information content (AvgIpc) is 2.60. The van der Waals surface area contributed by atoms with Crippen LogP contribution >= 0.6 is 7.92 Å². The van der Waals surface area contributed by atoms with Crippen molar-refractivity contribution in [2.24, 2.45) is 11.8 Å². The fourth-order valence-electron chi connectivity index (χ4n) is 3.20. The van der Waals surface area contributed by atoms with E-state index in [2.05, 4.69) is 13.8 Å². The number of benzene rings is 1. The molecule has 0 saturated heterocycles. The molecule has 0 radical (unpaired) electrons. The summed E-state index contributed by atoms with van der Waals surface area (Å²) in [5.41, 5.74) is 0. The molecular weight excluding hydrogens is 354 g/mol. The highest BCUT2D eigenvalue weighted by atomic mass is 31.1. The predicted octanol–water partition coefficient (Wildman–Crippen LogP) is 6.75. The molecule has 0 aliphatic carbocycles. The van der Waals surface area contributed by atoms with Gasteiger partial charge in [0.25, 0.3) is 0 Å². The SMILES string of the molecule is CCCC(CC)CCC(C)CP(CC)c1c(F)c(F)c(F)c(F)c1F. The minimum atomic E-state index is -2.08. The lowest BCUT2D eigenvalue weighted by atomic mass is 9.92. The topological polar surface area (TPSA) is 0 Å². The van der Waals surface area contributed by atoms with Crippen LogP contribution in [-0.4, -0.2) is 12.3 Å². The minimum absolute atomic E-state index is 0.187. The van der Waals surface area contributed by atoms with Gasteiger partial charge in [-0.2, -0.15) is 0 Å². The van der Waals surface area contributed by atoms with Crippen LogP contribution in [0.15, 0.2) is 0 Å². The Morgan fingerprint density at radius 1 is 0.760 bits per heavy atom. The van der Waals surface area contributed by atoms with Gasteiger partial charge in [0, 0.05) is 0 Å². The van der Waals surface area contributed by atoms with Gasteiger partial charge in [-0.15, -0.1) is 0 Å². The summed E-state index contributed by atoms with van der Waals surface area (Å²) in [5, 5.41) is -0.596. The average molecular weight is 382 g/mol. The smallest absolute Gasteiger partial charge is 0.200 e. The Morgan fingerprint density at radius 2 is 1.28 bits per heavy atom. The normalized spacial score (nSPS) is 15.2. The van der Waals surface area contributed by atoms with Crippen LogP contribution in [-0.2, 0) is 0 Å². The third kappa shape index (κ3) is 5.64. The van der Waals surface area contributed by atoms with E-state index in [0.717, 1.165) is 32.1 Å². The second kappa shape index (κ2) is 10.4. The van der Waals surface area contributed by atoms with Crippen LogP contribution in [0.3, 0.4) is 0 Å². The van der Waals surface area contributed by atoms with Crippen LogP contribution in [0.1, 0.15) is 59.8 Å². The van der Waals surface area contributed by atoms with E-state index < -0.39 is 42.3 Å². The van der Waals surface area contributed by atoms with Gasteiger partial charge in [-0.05, 0) is 24.2 Å². The quantitative estimate of drug-likeness (QED) is 0.182. The number of rotatable bonds is 10. The van der Waals surface area contributed by atoms with Crippen molar-refractivity contribution in [3.63, 3.8) is 0 Å². The van der Waals surface area contributed by atoms with Crippen molar-refractivity contribution < 1.29 is 22.0 Å². The zero-order valence-electron chi connectivity index (χ0n) is 15.4. The third-order valence-corrected chi connectivity index (χ3v) is 7.61. The molecule has 3 unspecified atom stereocenters. The molecule has 6 heteroatoms. The third-order valence-electron chi connectivity index (χ3n) is 4.76. The van der Waals surface area contributed by atoms with E-state index in [1.807, 2.05) is 6.92 Å². The Balaban J connectivity index is 2.90. The Hall–Kier alpha value is -0.700. The minimum Gasteiger partial charge on any atom is -0.203 e. The van der Waals surface area contributed by atoms with Crippen molar-refractivity contribution in [1.82, 2.24) is 0 Å². The van der Waals surface area contributed by atoms with E-state index in [1.165, 1.54) is 0 Å². The highest BCUT2D eigenvalue weighted by Gasteiger charge is 2.30. The molecule has 0 aliphatic heterocycles. The lowest BCUT2D eigenvalue weighted by Gasteiger charge is -2.23. The van der Waals surface area contributed by atoms with Gasteiger partial charge in [-0.1, -0.05) is 67.7 Å². The molecule has 0 aromatic heterocycles. The van der Waals surface area contributed by atoms with E-state index in [-0.39, 0.29) is 5.92 Å². The van der Waals surface area contributed by atoms with Crippen LogP contribution in [0.25, 0.3) is 0 Å². The lowest BCUT2D eigenvalue weighted by molar-refractivity contribution is 0.383. The molecule has 0 nitrogen and oxygen atoms in total. The lowest BCUT2D eigenvalue weighted by Crippen LogP contribution is -2.22. The van der Waals surface area contributed by atoms with Gasteiger partial charge in [0.05, 0.1) is 5.30 Å². The predicted molar refractivity (Wildman–Crippen MR) is 95.3 cm³/mol. The van der Waals surface area contributed by atoms with Crippen LogP contribution < -0.4 is 5.30 Å². The molecule has 0 spiro atoms.